The topological polar surface area (TPSA) is 87.6 Å². The third kappa shape index (κ3) is 3.11. The maximum atomic E-state index is 12.0. The van der Waals surface area contributed by atoms with Gasteiger partial charge in [0.15, 0.2) is 5.75 Å². The first kappa shape index (κ1) is 14.0. The van der Waals surface area contributed by atoms with Crippen LogP contribution in [0.5, 0.6) is 11.5 Å². The lowest BCUT2D eigenvalue weighted by molar-refractivity contribution is 0.0730. The van der Waals surface area contributed by atoms with Crippen LogP contribution in [0.3, 0.4) is 0 Å². The van der Waals surface area contributed by atoms with Crippen molar-refractivity contribution >= 4 is 23.2 Å². The third-order valence-electron chi connectivity index (χ3n) is 2.58. The first-order valence-corrected chi connectivity index (χ1v) is 6.10. The summed E-state index contributed by atoms with van der Waals surface area (Å²) in [6.45, 7) is 0. The van der Waals surface area contributed by atoms with E-state index < -0.39 is 5.97 Å². The van der Waals surface area contributed by atoms with Gasteiger partial charge in [0.1, 0.15) is 16.3 Å². The van der Waals surface area contributed by atoms with Crippen LogP contribution in [0.25, 0.3) is 0 Å². The Balaban J connectivity index is 2.17. The molecule has 0 saturated heterocycles. The Hall–Kier alpha value is -2.44. The lowest BCUT2D eigenvalue weighted by Crippen LogP contribution is -2.13. The second-order valence-corrected chi connectivity index (χ2v) is 4.33. The van der Waals surface area contributed by atoms with E-state index in [2.05, 4.69) is 4.84 Å². The zero-order valence-corrected chi connectivity index (χ0v) is 11.2. The minimum absolute atomic E-state index is 0.244. The molecule has 20 heavy (non-hydrogen) atoms. The molecule has 0 bridgehead atoms. The van der Waals surface area contributed by atoms with E-state index in [1.54, 1.807) is 48.5 Å². The molecule has 0 aliphatic heterocycles. The van der Waals surface area contributed by atoms with Crippen LogP contribution in [0, 0.1) is 0 Å². The summed E-state index contributed by atoms with van der Waals surface area (Å²) in [6.07, 6.45) is 0. The molecule has 6 heteroatoms. The van der Waals surface area contributed by atoms with Gasteiger partial charge in [-0.05, 0) is 36.4 Å². The van der Waals surface area contributed by atoms with Crippen LogP contribution >= 0.6 is 12.2 Å². The van der Waals surface area contributed by atoms with Crippen molar-refractivity contribution in [2.45, 2.75) is 0 Å². The summed E-state index contributed by atoms with van der Waals surface area (Å²) in [4.78, 5) is 16.9. The molecule has 2 aromatic rings. The highest BCUT2D eigenvalue weighted by Gasteiger charge is 2.14. The molecule has 2 aromatic carbocycles. The molecule has 2 rings (SSSR count). The van der Waals surface area contributed by atoms with E-state index in [1.165, 1.54) is 0 Å². The molecule has 0 unspecified atom stereocenters. The molecular weight excluding hydrogens is 276 g/mol. The number of rotatable bonds is 4. The minimum Gasteiger partial charge on any atom is -0.423 e. The van der Waals surface area contributed by atoms with E-state index in [9.17, 15) is 4.79 Å². The van der Waals surface area contributed by atoms with Gasteiger partial charge in [-0.15, -0.1) is 0 Å². The number of thiocarbonyl (C=S) groups is 1. The summed E-state index contributed by atoms with van der Waals surface area (Å²) >= 11 is 4.84. The van der Waals surface area contributed by atoms with Crippen LogP contribution < -0.4 is 21.2 Å². The van der Waals surface area contributed by atoms with Gasteiger partial charge in [0.2, 0.25) is 0 Å². The highest BCUT2D eigenvalue weighted by molar-refractivity contribution is 7.80. The predicted octanol–water partition coefficient (Wildman–Crippen LogP) is 1.79. The van der Waals surface area contributed by atoms with Crippen LogP contribution in [0.15, 0.2) is 48.5 Å². The van der Waals surface area contributed by atoms with Crippen LogP contribution in [0.4, 0.5) is 0 Å². The number of hydrogen-bond acceptors (Lipinski definition) is 5. The number of esters is 1. The quantitative estimate of drug-likeness (QED) is 0.386. The van der Waals surface area contributed by atoms with Gasteiger partial charge < -0.3 is 15.3 Å². The highest BCUT2D eigenvalue weighted by atomic mass is 32.1. The molecule has 0 fully saturated rings. The fourth-order valence-electron chi connectivity index (χ4n) is 1.59. The fraction of sp³-hybridized carbons (Fsp3) is 0. The molecule has 0 aliphatic rings. The number of carbonyl (C=O) groups excluding carboxylic acids is 1. The van der Waals surface area contributed by atoms with Crippen molar-refractivity contribution in [1.29, 1.82) is 0 Å². The summed E-state index contributed by atoms with van der Waals surface area (Å²) in [6, 6.07) is 13.1. The molecule has 0 spiro atoms. The Kier molecular flexibility index (Phi) is 4.29. The van der Waals surface area contributed by atoms with Gasteiger partial charge >= 0.3 is 5.97 Å². The lowest BCUT2D eigenvalue weighted by Gasteiger charge is -2.08. The van der Waals surface area contributed by atoms with Crippen molar-refractivity contribution in [3.8, 4) is 11.5 Å². The number of carbonyl (C=O) groups is 1. The molecule has 0 atom stereocenters. The van der Waals surface area contributed by atoms with E-state index in [0.29, 0.717) is 11.3 Å². The number of para-hydroxylation sites is 1. The van der Waals surface area contributed by atoms with Gasteiger partial charge in [0.25, 0.3) is 0 Å². The number of hydrogen-bond donors (Lipinski definition) is 2. The molecule has 102 valence electrons. The average Bonchev–Trinajstić information content (AvgIpc) is 2.47. The van der Waals surface area contributed by atoms with Gasteiger partial charge in [0.05, 0.1) is 0 Å². The Bertz CT molecular complexity index is 641. The number of ether oxygens (including phenoxy) is 1. The van der Waals surface area contributed by atoms with Gasteiger partial charge in [-0.3, -0.25) is 0 Å². The SMILES string of the molecule is NOc1ccccc1C(=O)Oc1ccc(C(N)=S)cc1. The monoisotopic (exact) mass is 288 g/mol. The van der Waals surface area contributed by atoms with Crippen LogP contribution in [-0.4, -0.2) is 11.0 Å². The number of nitrogens with two attached hydrogens (primary N) is 2. The zero-order chi connectivity index (χ0) is 14.5. The molecule has 5 nitrogen and oxygen atoms in total. The van der Waals surface area contributed by atoms with Crippen LogP contribution in [0.1, 0.15) is 15.9 Å². The molecule has 4 N–H and O–H groups in total. The first-order valence-electron chi connectivity index (χ1n) is 5.69. The normalized spacial score (nSPS) is 9.85. The summed E-state index contributed by atoms with van der Waals surface area (Å²) < 4.78 is 5.22. The molecule has 0 aliphatic carbocycles. The molecule has 0 aromatic heterocycles. The fourth-order valence-corrected chi connectivity index (χ4v) is 1.72. The predicted molar refractivity (Wildman–Crippen MR) is 78.5 cm³/mol. The van der Waals surface area contributed by atoms with E-state index in [0.717, 1.165) is 0 Å². The first-order chi connectivity index (χ1) is 9.61. The smallest absolute Gasteiger partial charge is 0.347 e. The summed E-state index contributed by atoms with van der Waals surface area (Å²) in [5, 5.41) is 0. The van der Waals surface area contributed by atoms with E-state index in [4.69, 9.17) is 28.6 Å². The van der Waals surface area contributed by atoms with Crippen molar-refractivity contribution in [3.63, 3.8) is 0 Å². The Labute approximate surface area is 121 Å². The minimum atomic E-state index is -0.561. The second-order valence-electron chi connectivity index (χ2n) is 3.89. The van der Waals surface area contributed by atoms with Crippen molar-refractivity contribution in [2.75, 3.05) is 0 Å². The van der Waals surface area contributed by atoms with Crippen molar-refractivity contribution < 1.29 is 14.4 Å². The Morgan fingerprint density at radius 2 is 1.70 bits per heavy atom. The number of benzene rings is 2. The second kappa shape index (κ2) is 6.14. The highest BCUT2D eigenvalue weighted by Crippen LogP contribution is 2.20. The molecular formula is C14H12N2O3S. The third-order valence-corrected chi connectivity index (χ3v) is 2.82. The maximum Gasteiger partial charge on any atom is 0.347 e. The summed E-state index contributed by atoms with van der Waals surface area (Å²) in [5.74, 6) is 5.16. The zero-order valence-electron chi connectivity index (χ0n) is 10.4. The maximum absolute atomic E-state index is 12.0. The lowest BCUT2D eigenvalue weighted by atomic mass is 10.2. The molecule has 0 amide bonds. The van der Waals surface area contributed by atoms with Gasteiger partial charge in [-0.2, -0.15) is 5.90 Å². The molecule has 0 heterocycles. The van der Waals surface area contributed by atoms with E-state index in [1.807, 2.05) is 0 Å². The Morgan fingerprint density at radius 3 is 2.30 bits per heavy atom. The summed E-state index contributed by atoms with van der Waals surface area (Å²) in [7, 11) is 0. The van der Waals surface area contributed by atoms with Crippen molar-refractivity contribution in [2.24, 2.45) is 11.6 Å². The van der Waals surface area contributed by atoms with Crippen molar-refractivity contribution in [1.82, 2.24) is 0 Å². The standard InChI is InChI=1S/C14H12N2O3S/c15-13(20)9-5-7-10(8-6-9)18-14(17)11-3-1-2-4-12(11)19-16/h1-8H,16H2,(H2,15,20). The van der Waals surface area contributed by atoms with Crippen LogP contribution in [0.2, 0.25) is 0 Å². The summed E-state index contributed by atoms with van der Waals surface area (Å²) in [5.41, 5.74) is 6.43. The molecule has 0 radical (unpaired) electrons. The average molecular weight is 288 g/mol. The molecule has 0 saturated carbocycles. The van der Waals surface area contributed by atoms with E-state index in [-0.39, 0.29) is 16.3 Å². The largest absolute Gasteiger partial charge is 0.423 e. The van der Waals surface area contributed by atoms with Gasteiger partial charge in [0, 0.05) is 5.56 Å². The Morgan fingerprint density at radius 1 is 1.05 bits per heavy atom. The van der Waals surface area contributed by atoms with Gasteiger partial charge in [-0.1, -0.05) is 24.4 Å². The van der Waals surface area contributed by atoms with Gasteiger partial charge in [-0.25, -0.2) is 4.79 Å². The van der Waals surface area contributed by atoms with E-state index >= 15 is 0 Å². The van der Waals surface area contributed by atoms with Crippen LogP contribution in [-0.2, 0) is 0 Å². The van der Waals surface area contributed by atoms with Crippen molar-refractivity contribution in [3.05, 3.63) is 59.7 Å².